The summed E-state index contributed by atoms with van der Waals surface area (Å²) < 4.78 is 26.7. The average molecular weight is 317 g/mol. The molecule has 2 aromatic heterocycles. The van der Waals surface area contributed by atoms with Crippen molar-refractivity contribution in [2.45, 2.75) is 0 Å². The minimum atomic E-state index is -0.981. The molecule has 0 aliphatic carbocycles. The predicted octanol–water partition coefficient (Wildman–Crippen LogP) is 4.94. The van der Waals surface area contributed by atoms with Crippen LogP contribution in [0.5, 0.6) is 0 Å². The van der Waals surface area contributed by atoms with Crippen LogP contribution in [0.1, 0.15) is 0 Å². The van der Waals surface area contributed by atoms with Gasteiger partial charge in [0.1, 0.15) is 5.69 Å². The first-order chi connectivity index (χ1) is 9.08. The molecule has 0 fully saturated rings. The van der Waals surface area contributed by atoms with Crippen molar-refractivity contribution in [1.82, 2.24) is 10.2 Å². The zero-order valence-corrected chi connectivity index (χ0v) is 11.5. The lowest BCUT2D eigenvalue weighted by Gasteiger charge is -2.06. The van der Waals surface area contributed by atoms with Gasteiger partial charge >= 0.3 is 0 Å². The molecule has 3 rings (SSSR count). The number of thiophene rings is 1. The number of halogens is 4. The topological polar surface area (TPSA) is 25.8 Å². The Balaban J connectivity index is 2.41. The first-order valence-corrected chi connectivity index (χ1v) is 6.76. The number of nitrogens with zero attached hydrogens (tertiary/aromatic N) is 2. The van der Waals surface area contributed by atoms with Gasteiger partial charge in [-0.25, -0.2) is 8.78 Å². The van der Waals surface area contributed by atoms with Gasteiger partial charge in [-0.2, -0.15) is 0 Å². The fourth-order valence-corrected chi connectivity index (χ4v) is 3.08. The van der Waals surface area contributed by atoms with Crippen molar-refractivity contribution in [3.05, 3.63) is 45.4 Å². The van der Waals surface area contributed by atoms with E-state index in [-0.39, 0.29) is 5.15 Å². The molecule has 0 amide bonds. The minimum absolute atomic E-state index is 0.0188. The SMILES string of the molecule is Fc1cc2c(Cl)nnc(-c3sccc3Cl)c2cc1F. The second-order valence-corrected chi connectivity index (χ2v) is 5.43. The largest absolute Gasteiger partial charge is 0.204 e. The highest BCUT2D eigenvalue weighted by atomic mass is 35.5. The molecule has 7 heteroatoms. The number of hydrogen-bond donors (Lipinski definition) is 0. The summed E-state index contributed by atoms with van der Waals surface area (Å²) in [6.07, 6.45) is 0. The third-order valence-corrected chi connectivity index (χ3v) is 4.24. The molecule has 1 aromatic carbocycles. The van der Waals surface area contributed by atoms with Crippen LogP contribution < -0.4 is 0 Å². The van der Waals surface area contributed by atoms with Crippen LogP contribution in [0, 0.1) is 11.6 Å². The van der Waals surface area contributed by atoms with Crippen LogP contribution in [0.2, 0.25) is 10.2 Å². The van der Waals surface area contributed by atoms with Crippen molar-refractivity contribution in [2.75, 3.05) is 0 Å². The second kappa shape index (κ2) is 4.67. The van der Waals surface area contributed by atoms with Gasteiger partial charge in [0, 0.05) is 10.8 Å². The summed E-state index contributed by atoms with van der Waals surface area (Å²) in [5.74, 6) is -1.95. The second-order valence-electron chi connectivity index (χ2n) is 3.75. The molecule has 0 spiro atoms. The Labute approximate surface area is 120 Å². The Kier molecular flexibility index (Phi) is 3.12. The highest BCUT2D eigenvalue weighted by molar-refractivity contribution is 7.14. The van der Waals surface area contributed by atoms with Crippen LogP contribution >= 0.6 is 34.5 Å². The minimum Gasteiger partial charge on any atom is -0.204 e. The molecule has 0 aliphatic rings. The smallest absolute Gasteiger partial charge is 0.159 e. The number of fused-ring (bicyclic) bond motifs is 1. The first kappa shape index (κ1) is 12.7. The zero-order chi connectivity index (χ0) is 13.6. The summed E-state index contributed by atoms with van der Waals surface area (Å²) in [6.45, 7) is 0. The Morgan fingerprint density at radius 2 is 1.68 bits per heavy atom. The van der Waals surface area contributed by atoms with Crippen molar-refractivity contribution in [2.24, 2.45) is 0 Å². The van der Waals surface area contributed by atoms with Gasteiger partial charge in [0.2, 0.25) is 0 Å². The lowest BCUT2D eigenvalue weighted by Crippen LogP contribution is -1.93. The Hall–Kier alpha value is -1.30. The Bertz CT molecular complexity index is 789. The number of rotatable bonds is 1. The Morgan fingerprint density at radius 1 is 1.00 bits per heavy atom. The van der Waals surface area contributed by atoms with Crippen LogP contribution in [-0.4, -0.2) is 10.2 Å². The van der Waals surface area contributed by atoms with E-state index in [1.807, 2.05) is 0 Å². The van der Waals surface area contributed by atoms with Gasteiger partial charge < -0.3 is 0 Å². The van der Waals surface area contributed by atoms with E-state index in [4.69, 9.17) is 23.2 Å². The van der Waals surface area contributed by atoms with Crippen LogP contribution in [0.15, 0.2) is 23.6 Å². The van der Waals surface area contributed by atoms with Gasteiger partial charge in [-0.1, -0.05) is 23.2 Å². The van der Waals surface area contributed by atoms with Crippen molar-refractivity contribution in [1.29, 1.82) is 0 Å². The molecule has 3 aromatic rings. The van der Waals surface area contributed by atoms with Gasteiger partial charge in [-0.3, -0.25) is 0 Å². The van der Waals surface area contributed by atoms with Crippen molar-refractivity contribution in [3.63, 3.8) is 0 Å². The van der Waals surface area contributed by atoms with Crippen molar-refractivity contribution >= 4 is 45.3 Å². The average Bonchev–Trinajstić information content (AvgIpc) is 2.79. The third kappa shape index (κ3) is 2.08. The highest BCUT2D eigenvalue weighted by Gasteiger charge is 2.16. The predicted molar refractivity (Wildman–Crippen MR) is 72.8 cm³/mol. The maximum Gasteiger partial charge on any atom is 0.159 e. The highest BCUT2D eigenvalue weighted by Crippen LogP contribution is 2.37. The maximum absolute atomic E-state index is 13.4. The molecule has 96 valence electrons. The lowest BCUT2D eigenvalue weighted by atomic mass is 10.1. The summed E-state index contributed by atoms with van der Waals surface area (Å²) in [7, 11) is 0. The van der Waals surface area contributed by atoms with Gasteiger partial charge in [0.15, 0.2) is 16.8 Å². The molecule has 0 saturated heterocycles. The fraction of sp³-hybridized carbons (Fsp3) is 0. The number of aromatic nitrogens is 2. The normalized spacial score (nSPS) is 11.2. The molecule has 0 atom stereocenters. The van der Waals surface area contributed by atoms with E-state index in [1.54, 1.807) is 11.4 Å². The molecule has 0 saturated carbocycles. The molecular weight excluding hydrogens is 313 g/mol. The van der Waals surface area contributed by atoms with Gasteiger partial charge in [-0.15, -0.1) is 21.5 Å². The van der Waals surface area contributed by atoms with Crippen LogP contribution in [0.3, 0.4) is 0 Å². The summed E-state index contributed by atoms with van der Waals surface area (Å²) in [5, 5.41) is 10.6. The van der Waals surface area contributed by atoms with E-state index < -0.39 is 11.6 Å². The molecule has 2 nitrogen and oxygen atoms in total. The third-order valence-electron chi connectivity index (χ3n) is 2.61. The number of benzene rings is 1. The van der Waals surface area contributed by atoms with Gasteiger partial charge in [-0.05, 0) is 23.6 Å². The number of hydrogen-bond acceptors (Lipinski definition) is 3. The molecule has 0 radical (unpaired) electrons. The van der Waals surface area contributed by atoms with E-state index >= 15 is 0 Å². The first-order valence-electron chi connectivity index (χ1n) is 5.12. The standard InChI is InChI=1S/C12H4Cl2F2N2S/c13-7-1-2-19-11(7)10-5-3-8(15)9(16)4-6(5)12(14)18-17-10/h1-4H. The zero-order valence-electron chi connectivity index (χ0n) is 9.12. The molecule has 19 heavy (non-hydrogen) atoms. The maximum atomic E-state index is 13.4. The lowest BCUT2D eigenvalue weighted by molar-refractivity contribution is 0.511. The van der Waals surface area contributed by atoms with Crippen LogP contribution in [-0.2, 0) is 0 Å². The molecule has 0 bridgehead atoms. The van der Waals surface area contributed by atoms with Crippen LogP contribution in [0.4, 0.5) is 8.78 Å². The van der Waals surface area contributed by atoms with Gasteiger partial charge in [0.05, 0.1) is 9.90 Å². The van der Waals surface area contributed by atoms with Gasteiger partial charge in [0.25, 0.3) is 0 Å². The summed E-state index contributed by atoms with van der Waals surface area (Å²) >= 11 is 13.2. The quantitative estimate of drug-likeness (QED) is 0.635. The van der Waals surface area contributed by atoms with E-state index in [0.29, 0.717) is 26.4 Å². The Morgan fingerprint density at radius 3 is 2.32 bits per heavy atom. The van der Waals surface area contributed by atoms with Crippen molar-refractivity contribution < 1.29 is 8.78 Å². The van der Waals surface area contributed by atoms with Crippen molar-refractivity contribution in [3.8, 4) is 10.6 Å². The molecule has 0 aliphatic heterocycles. The van der Waals surface area contributed by atoms with Crippen LogP contribution in [0.25, 0.3) is 21.3 Å². The summed E-state index contributed by atoms with van der Waals surface area (Å²) in [5.41, 5.74) is 0.387. The van der Waals surface area contributed by atoms with E-state index in [0.717, 1.165) is 12.1 Å². The molecule has 0 unspecified atom stereocenters. The molecule has 2 heterocycles. The molecule has 0 N–H and O–H groups in total. The van der Waals surface area contributed by atoms with E-state index in [1.165, 1.54) is 11.3 Å². The van der Waals surface area contributed by atoms with E-state index in [9.17, 15) is 8.78 Å². The summed E-state index contributed by atoms with van der Waals surface area (Å²) in [6, 6.07) is 3.76. The molecular formula is C12H4Cl2F2N2S. The summed E-state index contributed by atoms with van der Waals surface area (Å²) in [4.78, 5) is 0.641. The monoisotopic (exact) mass is 316 g/mol. The van der Waals surface area contributed by atoms with E-state index in [2.05, 4.69) is 10.2 Å². The fourth-order valence-electron chi connectivity index (χ4n) is 1.75.